The number of aliphatic hydroxyl groups excluding tert-OH is 3. The molecule has 0 amide bonds. The van der Waals surface area contributed by atoms with Crippen molar-refractivity contribution in [3.8, 4) is 6.07 Å². The summed E-state index contributed by atoms with van der Waals surface area (Å²) >= 11 is 7.01. The Morgan fingerprint density at radius 2 is 1.91 bits per heavy atom. The van der Waals surface area contributed by atoms with E-state index in [-0.39, 0.29) is 22.0 Å². The van der Waals surface area contributed by atoms with Crippen LogP contribution in [0.25, 0.3) is 5.70 Å². The lowest BCUT2D eigenvalue weighted by Gasteiger charge is -2.45. The van der Waals surface area contributed by atoms with E-state index in [1.807, 2.05) is 6.07 Å². The first kappa shape index (κ1) is 24.6. The molecule has 1 saturated heterocycles. The van der Waals surface area contributed by atoms with Gasteiger partial charge < -0.3 is 25.5 Å². The van der Waals surface area contributed by atoms with Crippen LogP contribution in [0.1, 0.15) is 11.3 Å². The van der Waals surface area contributed by atoms with Gasteiger partial charge in [0, 0.05) is 22.9 Å². The molecule has 0 saturated carbocycles. The molecule has 0 aliphatic carbocycles. The van der Waals surface area contributed by atoms with Crippen molar-refractivity contribution in [2.24, 2.45) is 0 Å². The van der Waals surface area contributed by atoms with E-state index in [2.05, 4.69) is 15.9 Å². The van der Waals surface area contributed by atoms with Crippen LogP contribution in [-0.2, 0) is 4.74 Å². The van der Waals surface area contributed by atoms with E-state index in [9.17, 15) is 28.5 Å². The molecule has 3 heterocycles. The predicted octanol–water partition coefficient (Wildman–Crippen LogP) is 1.25. The van der Waals surface area contributed by atoms with E-state index < -0.39 is 53.8 Å². The van der Waals surface area contributed by atoms with E-state index in [4.69, 9.17) is 21.6 Å². The first-order chi connectivity index (χ1) is 16.2. The van der Waals surface area contributed by atoms with Gasteiger partial charge in [0.05, 0.1) is 17.3 Å². The van der Waals surface area contributed by atoms with Gasteiger partial charge in [0.15, 0.2) is 23.1 Å². The summed E-state index contributed by atoms with van der Waals surface area (Å²) in [5.74, 6) is -4.37. The number of halogens is 4. The van der Waals surface area contributed by atoms with E-state index in [1.165, 1.54) is 23.5 Å². The summed E-state index contributed by atoms with van der Waals surface area (Å²) in [6, 6.07) is 3.78. The second-order valence-corrected chi connectivity index (χ2v) is 8.95. The molecule has 34 heavy (non-hydrogen) atoms. The normalized spacial score (nSPS) is 26.7. The van der Waals surface area contributed by atoms with Crippen molar-refractivity contribution < 1.29 is 33.2 Å². The van der Waals surface area contributed by atoms with Crippen LogP contribution < -0.4 is 11.0 Å². The third-order valence-corrected chi connectivity index (χ3v) is 6.63. The van der Waals surface area contributed by atoms with Crippen molar-refractivity contribution in [3.05, 3.63) is 64.3 Å². The van der Waals surface area contributed by atoms with Crippen molar-refractivity contribution in [3.63, 3.8) is 0 Å². The summed E-state index contributed by atoms with van der Waals surface area (Å²) in [5.41, 5.74) is 4.44. The van der Waals surface area contributed by atoms with Gasteiger partial charge in [-0.2, -0.15) is 5.26 Å². The molecule has 0 radical (unpaired) electrons. The van der Waals surface area contributed by atoms with Gasteiger partial charge in [0.25, 0.3) is 0 Å². The Kier molecular flexibility index (Phi) is 7.20. The number of hydrogen-bond acceptors (Lipinski definition) is 10. The summed E-state index contributed by atoms with van der Waals surface area (Å²) in [7, 11) is 0. The van der Waals surface area contributed by atoms with E-state index in [0.717, 1.165) is 23.9 Å². The number of thioether (sulfide) groups is 1. The van der Waals surface area contributed by atoms with Crippen LogP contribution >= 0.6 is 23.4 Å². The Labute approximate surface area is 200 Å². The zero-order valence-corrected chi connectivity index (χ0v) is 18.6. The highest BCUT2D eigenvalue weighted by Gasteiger charge is 2.48. The molecule has 3 unspecified atom stereocenters. The highest BCUT2D eigenvalue weighted by molar-refractivity contribution is 7.99. The maximum Gasteiger partial charge on any atom is 0.194 e. The average Bonchev–Trinajstić information content (AvgIpc) is 3.29. The second kappa shape index (κ2) is 9.96. The Morgan fingerprint density at radius 3 is 2.53 bits per heavy atom. The van der Waals surface area contributed by atoms with Crippen LogP contribution in [0.2, 0.25) is 5.02 Å². The lowest BCUT2D eigenvalue weighted by molar-refractivity contribution is -0.189. The van der Waals surface area contributed by atoms with E-state index in [0.29, 0.717) is 4.90 Å². The minimum absolute atomic E-state index is 0.0228. The molecule has 0 bridgehead atoms. The lowest BCUT2D eigenvalue weighted by atomic mass is 9.97. The van der Waals surface area contributed by atoms with Crippen molar-refractivity contribution in [2.45, 2.75) is 34.7 Å². The molecular weight excluding hydrogens is 499 g/mol. The molecule has 0 spiro atoms. The Hall–Kier alpha value is -2.57. The summed E-state index contributed by atoms with van der Waals surface area (Å²) in [4.78, 5) is 4.38. The monoisotopic (exact) mass is 515 g/mol. The Morgan fingerprint density at radius 1 is 1.21 bits per heavy atom. The molecule has 1 fully saturated rings. The minimum atomic E-state index is -1.61. The fourth-order valence-electron chi connectivity index (χ4n) is 3.54. The number of hydrogen-bond donors (Lipinski definition) is 5. The van der Waals surface area contributed by atoms with Gasteiger partial charge in [-0.15, -0.1) is 5.53 Å². The van der Waals surface area contributed by atoms with Crippen molar-refractivity contribution in [2.75, 3.05) is 6.61 Å². The molecule has 5 atom stereocenters. The first-order valence-corrected chi connectivity index (χ1v) is 11.0. The molecular formula is C20H17ClF3N5O4S. The number of aromatic nitrogens is 1. The summed E-state index contributed by atoms with van der Waals surface area (Å²) < 4.78 is 46.2. The third-order valence-electron chi connectivity index (χ3n) is 5.23. The SMILES string of the molecule is N#Cc1ncc(S[C@H]2OC(CO)[C@H](O)C(N3C=C(c4cc(F)c(F)c(F)c4)NN3)C2O)cc1Cl. The fourth-order valence-corrected chi connectivity index (χ4v) is 4.88. The molecule has 1 aromatic heterocycles. The number of hydrazine groups is 2. The molecule has 2 aliphatic rings. The number of nitrogens with one attached hydrogen (secondary N) is 2. The molecule has 180 valence electrons. The van der Waals surface area contributed by atoms with Gasteiger partial charge in [0.1, 0.15) is 35.9 Å². The highest BCUT2D eigenvalue weighted by Crippen LogP contribution is 2.36. The molecule has 9 nitrogen and oxygen atoms in total. The van der Waals surface area contributed by atoms with Crippen molar-refractivity contribution in [1.82, 2.24) is 21.0 Å². The summed E-state index contributed by atoms with van der Waals surface area (Å²) in [5, 5.41) is 41.7. The maximum absolute atomic E-state index is 13.6. The van der Waals surface area contributed by atoms with Crippen LogP contribution in [0.4, 0.5) is 13.2 Å². The molecule has 4 rings (SSSR count). The van der Waals surface area contributed by atoms with Crippen LogP contribution in [0.3, 0.4) is 0 Å². The molecule has 2 aromatic rings. The average molecular weight is 516 g/mol. The predicted molar refractivity (Wildman–Crippen MR) is 114 cm³/mol. The summed E-state index contributed by atoms with van der Waals surface area (Å²) in [6.07, 6.45) is -1.14. The lowest BCUT2D eigenvalue weighted by Crippen LogP contribution is -2.65. The number of nitrogens with zero attached hydrogens (tertiary/aromatic N) is 3. The van der Waals surface area contributed by atoms with Gasteiger partial charge in [-0.25, -0.2) is 18.2 Å². The number of ether oxygens (including phenoxy) is 1. The standard InChI is InChI=1S/C20H17ClF3N5O4S/c21-10-3-9(5-26-13(10)4-25)34-20-19(32)17(18(31)15(7-30)33-20)29-6-14(27-28-29)8-1-11(22)16(24)12(23)2-8/h1-3,5-6,15,17-20,27-28,30-32H,7H2/t15?,17?,18-,19?,20+/m0/s1. The Bertz CT molecular complexity index is 1150. The van der Waals surface area contributed by atoms with Gasteiger partial charge >= 0.3 is 0 Å². The van der Waals surface area contributed by atoms with Crippen LogP contribution in [0, 0.1) is 28.8 Å². The van der Waals surface area contributed by atoms with Gasteiger partial charge in [0.2, 0.25) is 0 Å². The number of pyridine rings is 1. The second-order valence-electron chi connectivity index (χ2n) is 7.37. The largest absolute Gasteiger partial charge is 0.394 e. The minimum Gasteiger partial charge on any atom is -0.394 e. The number of rotatable bonds is 5. The van der Waals surface area contributed by atoms with Crippen LogP contribution in [0.15, 0.2) is 35.5 Å². The van der Waals surface area contributed by atoms with Crippen molar-refractivity contribution in [1.29, 1.82) is 5.26 Å². The Balaban J connectivity index is 1.59. The first-order valence-electron chi connectivity index (χ1n) is 9.75. The zero-order chi connectivity index (χ0) is 24.6. The van der Waals surface area contributed by atoms with Gasteiger partial charge in [-0.3, -0.25) is 5.01 Å². The van der Waals surface area contributed by atoms with E-state index in [1.54, 1.807) is 0 Å². The van der Waals surface area contributed by atoms with Gasteiger partial charge in [-0.1, -0.05) is 23.4 Å². The molecule has 2 aliphatic heterocycles. The van der Waals surface area contributed by atoms with Crippen LogP contribution in [0.5, 0.6) is 0 Å². The fraction of sp³-hybridized carbons (Fsp3) is 0.300. The topological polar surface area (TPSA) is 134 Å². The smallest absolute Gasteiger partial charge is 0.194 e. The number of aliphatic hydroxyl groups is 3. The number of benzene rings is 1. The number of nitriles is 1. The molecule has 5 N–H and O–H groups in total. The molecule has 1 aromatic carbocycles. The van der Waals surface area contributed by atoms with Crippen LogP contribution in [-0.4, -0.2) is 61.7 Å². The highest BCUT2D eigenvalue weighted by atomic mass is 35.5. The van der Waals surface area contributed by atoms with Crippen molar-refractivity contribution >= 4 is 29.1 Å². The maximum atomic E-state index is 13.6. The molecule has 14 heteroatoms. The summed E-state index contributed by atoms with van der Waals surface area (Å²) in [6.45, 7) is -0.569. The van der Waals surface area contributed by atoms with Gasteiger partial charge in [-0.05, 0) is 18.2 Å². The quantitative estimate of drug-likeness (QED) is 0.370. The zero-order valence-electron chi connectivity index (χ0n) is 17.0. The third kappa shape index (κ3) is 4.66. The van der Waals surface area contributed by atoms with E-state index >= 15 is 0 Å².